The third-order valence-corrected chi connectivity index (χ3v) is 20.2. The molecule has 2 heteroatoms. The maximum Gasteiger partial charge on any atom is 0.136 e. The first-order chi connectivity index (χ1) is 53.8. The van der Waals surface area contributed by atoms with Crippen molar-refractivity contribution in [3.8, 4) is 89.0 Å². The van der Waals surface area contributed by atoms with E-state index in [4.69, 9.17) is 19.8 Å². The average molecular weight is 1240 g/mol. The summed E-state index contributed by atoms with van der Waals surface area (Å²) in [5.74, 6) is 0. The van der Waals surface area contributed by atoms with E-state index in [2.05, 4.69) is 94.4 Å². The molecule has 0 atom stereocenters. The van der Waals surface area contributed by atoms with Gasteiger partial charge in [-0.05, 0) is 197 Å². The molecule has 16 aromatic carbocycles. The normalized spacial score (nSPS) is 15.7. The fourth-order valence-electron chi connectivity index (χ4n) is 16.0. The molecule has 20 rings (SSSR count). The summed E-state index contributed by atoms with van der Waals surface area (Å²) < 4.78 is 159. The minimum Gasteiger partial charge on any atom is -0.456 e. The number of hydrogen-bond donors (Lipinski definition) is 0. The van der Waals surface area contributed by atoms with Crippen LogP contribution in [-0.2, 0) is 10.8 Å². The van der Waals surface area contributed by atoms with Crippen molar-refractivity contribution in [3.63, 3.8) is 0 Å². The Morgan fingerprint density at radius 3 is 1.15 bits per heavy atom. The van der Waals surface area contributed by atoms with Crippen molar-refractivity contribution in [1.82, 2.24) is 0 Å². The number of rotatable bonds is 6. The lowest BCUT2D eigenvalue weighted by Crippen LogP contribution is -2.16. The molecule has 0 saturated carbocycles. The van der Waals surface area contributed by atoms with Gasteiger partial charge in [-0.25, -0.2) is 0 Å². The van der Waals surface area contributed by atoms with E-state index in [1.807, 2.05) is 140 Å². The first kappa shape index (κ1) is 41.7. The van der Waals surface area contributed by atoms with Crippen molar-refractivity contribution in [2.75, 3.05) is 0 Å². The Morgan fingerprint density at radius 1 is 0.240 bits per heavy atom. The lowest BCUT2D eigenvalue weighted by Gasteiger charge is -2.25. The van der Waals surface area contributed by atoms with E-state index in [0.29, 0.717) is 77.6 Å². The van der Waals surface area contributed by atoms with Gasteiger partial charge in [0.25, 0.3) is 0 Å². The Balaban J connectivity index is 0.000000151. The van der Waals surface area contributed by atoms with Crippen LogP contribution in [0.15, 0.2) is 324 Å². The molecule has 0 radical (unpaired) electrons. The second kappa shape index (κ2) is 21.3. The molecule has 0 aliphatic heterocycles. The molecule has 2 aliphatic carbocycles. The van der Waals surface area contributed by atoms with Crippen LogP contribution in [0.5, 0.6) is 0 Å². The largest absolute Gasteiger partial charge is 0.456 e. The van der Waals surface area contributed by atoms with Crippen LogP contribution in [-0.4, -0.2) is 0 Å². The van der Waals surface area contributed by atoms with Crippen molar-refractivity contribution >= 4 is 87.0 Å². The Kier molecular flexibility index (Phi) is 9.27. The molecule has 2 nitrogen and oxygen atoms in total. The van der Waals surface area contributed by atoms with Crippen LogP contribution >= 0.6 is 0 Å². The first-order valence-corrected chi connectivity index (χ1v) is 32.2. The van der Waals surface area contributed by atoms with Gasteiger partial charge >= 0.3 is 0 Å². The number of fused-ring (bicyclic) bond motifs is 16. The summed E-state index contributed by atoms with van der Waals surface area (Å²) in [4.78, 5) is 0. The second-order valence-corrected chi connectivity index (χ2v) is 26.0. The van der Waals surface area contributed by atoms with Crippen LogP contribution in [0.4, 0.5) is 0 Å². The lowest BCUT2D eigenvalue weighted by molar-refractivity contribution is 0.661. The van der Waals surface area contributed by atoms with Gasteiger partial charge in [-0.2, -0.15) is 0 Å². The molecule has 18 aromatic rings. The number of hydrogen-bond acceptors (Lipinski definition) is 2. The highest BCUT2D eigenvalue weighted by Crippen LogP contribution is 2.56. The Labute approximate surface area is 580 Å². The van der Waals surface area contributed by atoms with Gasteiger partial charge in [0.2, 0.25) is 0 Å². The van der Waals surface area contributed by atoms with Crippen molar-refractivity contribution < 1.29 is 30.8 Å². The highest BCUT2D eigenvalue weighted by Gasteiger charge is 2.38. The fraction of sp³-hybridized carbons (Fsp3) is 0.0638. The van der Waals surface area contributed by atoms with Gasteiger partial charge in [-0.3, -0.25) is 0 Å². The molecule has 2 heterocycles. The van der Waals surface area contributed by atoms with E-state index in [1.54, 1.807) is 12.1 Å². The summed E-state index contributed by atoms with van der Waals surface area (Å²) in [6.45, 7) is 8.79. The Bertz CT molecular complexity index is 7110. The summed E-state index contributed by atoms with van der Waals surface area (Å²) in [7, 11) is 0. The van der Waals surface area contributed by atoms with Gasteiger partial charge in [-0.1, -0.05) is 300 Å². The zero-order valence-corrected chi connectivity index (χ0v) is 52.6. The Morgan fingerprint density at radius 2 is 0.604 bits per heavy atom. The molecule has 0 N–H and O–H groups in total. The number of furan rings is 2. The van der Waals surface area contributed by atoms with Crippen molar-refractivity contribution in [2.45, 2.75) is 38.5 Å². The van der Waals surface area contributed by atoms with Crippen LogP contribution in [0.25, 0.3) is 176 Å². The summed E-state index contributed by atoms with van der Waals surface area (Å²) in [6.07, 6.45) is 0. The average Bonchev–Trinajstić information content (AvgIpc) is 0.729. The predicted octanol–water partition coefficient (Wildman–Crippen LogP) is 26.4. The molecule has 2 aliphatic rings. The first-order valence-electron chi connectivity index (χ1n) is 40.2. The third-order valence-electron chi connectivity index (χ3n) is 20.2. The quantitative estimate of drug-likeness (QED) is 0.155. The van der Waals surface area contributed by atoms with E-state index < -0.39 is 53.8 Å². The minimum absolute atomic E-state index is 0.170. The van der Waals surface area contributed by atoms with Gasteiger partial charge in [-0.15, -0.1) is 0 Å². The van der Waals surface area contributed by atoms with E-state index >= 15 is 0 Å². The SMILES string of the molecule is [2H]c1c([2H])c([2H])c2c(-c3cccc4oc5ccccc5c34)c3c([2H])c([2H])c([2H])c([2H])c3c(-c3ccc4c(c3)C(C)(C)c3cc(-c5ccccc5)ccc3-4)c2c1[2H].[2H]c1c([2H])c([2H])c2c(-c3cccc4oc5ccccc5c34)c3c([2H])c([2H])c([2H])c([2H])c3c(-c3cccc(-c4cccc5c4C(C)(C)c4ccccc4-5)c3)c2c1[2H]. The maximum absolute atomic E-state index is 9.48. The highest BCUT2D eigenvalue weighted by atomic mass is 16.3. The number of benzene rings is 16. The summed E-state index contributed by atoms with van der Waals surface area (Å²) in [5.41, 5.74) is 18.2. The predicted molar refractivity (Wildman–Crippen MR) is 405 cm³/mol. The van der Waals surface area contributed by atoms with E-state index in [9.17, 15) is 11.0 Å². The Hall–Kier alpha value is -11.8. The molecule has 0 fully saturated rings. The zero-order valence-electron chi connectivity index (χ0n) is 68.6. The lowest BCUT2D eigenvalue weighted by atomic mass is 9.78. The van der Waals surface area contributed by atoms with Crippen LogP contribution in [0, 0.1) is 0 Å². The van der Waals surface area contributed by atoms with Gasteiger partial charge in [0.1, 0.15) is 22.3 Å². The van der Waals surface area contributed by atoms with Crippen LogP contribution in [0.2, 0.25) is 0 Å². The molecule has 0 amide bonds. The van der Waals surface area contributed by atoms with Gasteiger partial charge in [0.15, 0.2) is 0 Å². The van der Waals surface area contributed by atoms with Crippen LogP contribution < -0.4 is 0 Å². The molecular formula is C94H64O2. The highest BCUT2D eigenvalue weighted by molar-refractivity contribution is 6.27. The smallest absolute Gasteiger partial charge is 0.136 e. The topological polar surface area (TPSA) is 26.3 Å². The maximum atomic E-state index is 9.48. The van der Waals surface area contributed by atoms with E-state index in [0.717, 1.165) is 60.8 Å². The van der Waals surface area contributed by atoms with Crippen molar-refractivity contribution in [2.24, 2.45) is 0 Å². The van der Waals surface area contributed by atoms with E-state index in [1.165, 1.54) is 16.7 Å². The molecule has 96 heavy (non-hydrogen) atoms. The van der Waals surface area contributed by atoms with Gasteiger partial charge < -0.3 is 8.83 Å². The molecular weight excluding hydrogens is 1160 g/mol. The summed E-state index contributed by atoms with van der Waals surface area (Å²) in [6, 6.07) is 65.4. The molecule has 0 saturated heterocycles. The third kappa shape index (κ3) is 8.31. The molecule has 2 aromatic heterocycles. The van der Waals surface area contributed by atoms with E-state index in [-0.39, 0.29) is 96.8 Å². The van der Waals surface area contributed by atoms with Crippen molar-refractivity contribution in [3.05, 3.63) is 337 Å². The van der Waals surface area contributed by atoms with Crippen LogP contribution in [0.1, 0.15) is 71.9 Å². The second-order valence-electron chi connectivity index (χ2n) is 26.0. The van der Waals surface area contributed by atoms with Gasteiger partial charge in [0, 0.05) is 32.4 Å². The fourth-order valence-corrected chi connectivity index (χ4v) is 16.0. The number of para-hydroxylation sites is 2. The molecule has 0 bridgehead atoms. The molecule has 452 valence electrons. The minimum atomic E-state index is -0.465. The van der Waals surface area contributed by atoms with Crippen LogP contribution in [0.3, 0.4) is 0 Å². The monoisotopic (exact) mass is 1240 g/mol. The molecule has 0 spiro atoms. The molecule has 0 unspecified atom stereocenters. The zero-order chi connectivity index (χ0) is 77.9. The standard InChI is InChI=1S/2C47H32O/c1-47(2)40-25-9-7-16-32(40)37-23-12-22-31(46(37)47)29-14-11-15-30(28-29)43-33-17-3-5-19-35(33)44(36-20-6-4-18-34(36)43)39-24-13-27-42-45(39)38-21-8-10-26-41(38)48-42;1-47(2)40-27-30(29-13-4-3-5-14-29)23-25-32(40)33-26-24-31(28-41(33)47)44-34-15-6-8-17-36(34)45(37-18-9-7-16-35(37)44)39-20-12-22-43-46(39)38-19-10-11-21-42(38)48-43/h2*3-28H,1-2H3/i3D,4D,5D,6D,17D,18D,19D,20D;6D,7D,8D,9D,15D,16D,17D,18D. The summed E-state index contributed by atoms with van der Waals surface area (Å²) in [5, 5.41) is 4.35. The van der Waals surface area contributed by atoms with Crippen molar-refractivity contribution in [1.29, 1.82) is 0 Å². The summed E-state index contributed by atoms with van der Waals surface area (Å²) >= 11 is 0. The van der Waals surface area contributed by atoms with Gasteiger partial charge in [0.05, 0.1) is 21.9 Å².